The van der Waals surface area contributed by atoms with Gasteiger partial charge in [0.2, 0.25) is 0 Å². The second-order valence-electron chi connectivity index (χ2n) is 6.74. The van der Waals surface area contributed by atoms with Crippen molar-refractivity contribution in [3.05, 3.63) is 0 Å². The number of hydrogen-bond donors (Lipinski definition) is 1. The Bertz CT molecular complexity index is 237. The molecule has 0 aromatic carbocycles. The molecule has 2 heteroatoms. The lowest BCUT2D eigenvalue weighted by atomic mass is 9.68. The third kappa shape index (κ3) is 4.45. The third-order valence-corrected chi connectivity index (χ3v) is 6.14. The van der Waals surface area contributed by atoms with Crippen molar-refractivity contribution in [1.29, 1.82) is 0 Å². The van der Waals surface area contributed by atoms with Crippen LogP contribution in [0.2, 0.25) is 0 Å². The van der Waals surface area contributed by atoms with E-state index in [9.17, 15) is 0 Å². The van der Waals surface area contributed by atoms with Gasteiger partial charge < -0.3 is 5.32 Å². The predicted octanol–water partition coefficient (Wildman–Crippen LogP) is 4.71. The van der Waals surface area contributed by atoms with Crippen LogP contribution >= 0.6 is 11.8 Å². The largest absolute Gasteiger partial charge is 0.313 e. The van der Waals surface area contributed by atoms with Crippen LogP contribution in [0.4, 0.5) is 0 Å². The molecule has 3 atom stereocenters. The topological polar surface area (TPSA) is 12.0 Å². The molecule has 1 N–H and O–H groups in total. The first-order valence-electron chi connectivity index (χ1n) is 7.79. The van der Waals surface area contributed by atoms with Crippen LogP contribution in [0, 0.1) is 11.3 Å². The van der Waals surface area contributed by atoms with Gasteiger partial charge in [-0.25, -0.2) is 0 Å². The van der Waals surface area contributed by atoms with Gasteiger partial charge in [-0.3, -0.25) is 0 Å². The summed E-state index contributed by atoms with van der Waals surface area (Å²) in [5, 5.41) is 5.27. The molecule has 0 heterocycles. The molecule has 1 rings (SSSR count). The molecule has 108 valence electrons. The SMILES string of the molecule is CCNC1CCC(C(C)(C)CC)CC1SC(C)C. The fourth-order valence-electron chi connectivity index (χ4n) is 3.12. The fraction of sp³-hybridized carbons (Fsp3) is 1.00. The molecule has 0 bridgehead atoms. The van der Waals surface area contributed by atoms with Gasteiger partial charge in [-0.15, -0.1) is 0 Å². The van der Waals surface area contributed by atoms with Gasteiger partial charge in [0.1, 0.15) is 0 Å². The quantitative estimate of drug-likeness (QED) is 0.751. The molecule has 0 radical (unpaired) electrons. The van der Waals surface area contributed by atoms with Crippen molar-refractivity contribution in [2.24, 2.45) is 11.3 Å². The zero-order chi connectivity index (χ0) is 13.8. The van der Waals surface area contributed by atoms with Crippen LogP contribution in [-0.4, -0.2) is 23.1 Å². The van der Waals surface area contributed by atoms with Crippen molar-refractivity contribution in [2.75, 3.05) is 6.54 Å². The highest BCUT2D eigenvalue weighted by molar-refractivity contribution is 8.00. The first-order valence-corrected chi connectivity index (χ1v) is 8.73. The molecule has 0 spiro atoms. The maximum absolute atomic E-state index is 3.71. The highest BCUT2D eigenvalue weighted by atomic mass is 32.2. The van der Waals surface area contributed by atoms with E-state index in [1.54, 1.807) is 0 Å². The second-order valence-corrected chi connectivity index (χ2v) is 8.56. The Hall–Kier alpha value is 0.310. The molecule has 0 aromatic rings. The predicted molar refractivity (Wildman–Crippen MR) is 85.4 cm³/mol. The minimum absolute atomic E-state index is 0.521. The Morgan fingerprint density at radius 1 is 1.22 bits per heavy atom. The van der Waals surface area contributed by atoms with Gasteiger partial charge in [-0.1, -0.05) is 48.0 Å². The van der Waals surface area contributed by atoms with Crippen LogP contribution in [0.1, 0.15) is 67.2 Å². The van der Waals surface area contributed by atoms with Gasteiger partial charge in [-0.05, 0) is 42.4 Å². The zero-order valence-corrected chi connectivity index (χ0v) is 14.1. The first kappa shape index (κ1) is 16.4. The van der Waals surface area contributed by atoms with E-state index in [0.717, 1.165) is 29.0 Å². The van der Waals surface area contributed by atoms with Gasteiger partial charge >= 0.3 is 0 Å². The first-order chi connectivity index (χ1) is 8.40. The molecule has 1 aliphatic rings. The van der Waals surface area contributed by atoms with E-state index < -0.39 is 0 Å². The highest BCUT2D eigenvalue weighted by Gasteiger charge is 2.37. The molecule has 1 fully saturated rings. The van der Waals surface area contributed by atoms with Crippen molar-refractivity contribution in [3.63, 3.8) is 0 Å². The van der Waals surface area contributed by atoms with E-state index in [-0.39, 0.29) is 0 Å². The Morgan fingerprint density at radius 3 is 2.39 bits per heavy atom. The summed E-state index contributed by atoms with van der Waals surface area (Å²) in [4.78, 5) is 0. The Balaban J connectivity index is 2.66. The summed E-state index contributed by atoms with van der Waals surface area (Å²) in [7, 11) is 0. The van der Waals surface area contributed by atoms with Gasteiger partial charge in [-0.2, -0.15) is 11.8 Å². The molecule has 1 aliphatic carbocycles. The van der Waals surface area contributed by atoms with Crippen molar-refractivity contribution in [1.82, 2.24) is 5.32 Å². The van der Waals surface area contributed by atoms with Gasteiger partial charge in [0.05, 0.1) is 0 Å². The third-order valence-electron chi connectivity index (χ3n) is 4.72. The highest BCUT2D eigenvalue weighted by Crippen LogP contribution is 2.44. The van der Waals surface area contributed by atoms with E-state index in [0.29, 0.717) is 5.41 Å². The summed E-state index contributed by atoms with van der Waals surface area (Å²) >= 11 is 2.19. The Kier molecular flexibility index (Phi) is 6.54. The van der Waals surface area contributed by atoms with E-state index in [1.165, 1.54) is 25.7 Å². The normalized spacial score (nSPS) is 29.8. The lowest BCUT2D eigenvalue weighted by Crippen LogP contribution is -2.45. The molecule has 3 unspecified atom stereocenters. The standard InChI is InChI=1S/C16H33NS/c1-7-16(5,6)13-9-10-14(17-8-2)15(11-13)18-12(3)4/h12-15,17H,7-11H2,1-6H3. The van der Waals surface area contributed by atoms with Gasteiger partial charge in [0, 0.05) is 11.3 Å². The maximum Gasteiger partial charge on any atom is 0.0206 e. The van der Waals surface area contributed by atoms with Crippen LogP contribution in [0.15, 0.2) is 0 Å². The van der Waals surface area contributed by atoms with Gasteiger partial charge in [0.15, 0.2) is 0 Å². The van der Waals surface area contributed by atoms with Crippen molar-refractivity contribution < 1.29 is 0 Å². The minimum Gasteiger partial charge on any atom is -0.313 e. The molecule has 1 saturated carbocycles. The Labute approximate surface area is 119 Å². The summed E-state index contributed by atoms with van der Waals surface area (Å²) in [6.45, 7) is 15.3. The van der Waals surface area contributed by atoms with Crippen LogP contribution in [0.25, 0.3) is 0 Å². The van der Waals surface area contributed by atoms with E-state index >= 15 is 0 Å². The number of hydrogen-bond acceptors (Lipinski definition) is 2. The van der Waals surface area contributed by atoms with Crippen LogP contribution in [0.5, 0.6) is 0 Å². The van der Waals surface area contributed by atoms with Crippen molar-refractivity contribution in [3.8, 4) is 0 Å². The molecule has 0 amide bonds. The lowest BCUT2D eigenvalue weighted by Gasteiger charge is -2.43. The maximum atomic E-state index is 3.71. The summed E-state index contributed by atoms with van der Waals surface area (Å²) in [5.74, 6) is 0.911. The number of nitrogens with one attached hydrogen (secondary N) is 1. The van der Waals surface area contributed by atoms with Crippen LogP contribution in [0.3, 0.4) is 0 Å². The molecule has 0 aliphatic heterocycles. The zero-order valence-electron chi connectivity index (χ0n) is 13.3. The average molecular weight is 272 g/mol. The average Bonchev–Trinajstić information content (AvgIpc) is 2.31. The monoisotopic (exact) mass is 271 g/mol. The Morgan fingerprint density at radius 2 is 1.89 bits per heavy atom. The van der Waals surface area contributed by atoms with Crippen molar-refractivity contribution >= 4 is 11.8 Å². The smallest absolute Gasteiger partial charge is 0.0206 e. The van der Waals surface area contributed by atoms with Crippen molar-refractivity contribution in [2.45, 2.75) is 83.8 Å². The lowest BCUT2D eigenvalue weighted by molar-refractivity contribution is 0.141. The number of thioether (sulfide) groups is 1. The molecule has 18 heavy (non-hydrogen) atoms. The number of rotatable bonds is 6. The molecule has 0 saturated heterocycles. The van der Waals surface area contributed by atoms with E-state index in [1.807, 2.05) is 0 Å². The van der Waals surface area contributed by atoms with Crippen LogP contribution in [-0.2, 0) is 0 Å². The molecular formula is C16H33NS. The summed E-state index contributed by atoms with van der Waals surface area (Å²) in [5.41, 5.74) is 0.521. The summed E-state index contributed by atoms with van der Waals surface area (Å²) < 4.78 is 0. The minimum atomic E-state index is 0.521. The molecule has 0 aromatic heterocycles. The van der Waals surface area contributed by atoms with Crippen LogP contribution < -0.4 is 5.32 Å². The molecular weight excluding hydrogens is 238 g/mol. The fourth-order valence-corrected chi connectivity index (χ4v) is 4.59. The summed E-state index contributed by atoms with van der Waals surface area (Å²) in [6.07, 6.45) is 5.49. The summed E-state index contributed by atoms with van der Waals surface area (Å²) in [6, 6.07) is 0.742. The molecule has 1 nitrogen and oxygen atoms in total. The van der Waals surface area contributed by atoms with Gasteiger partial charge in [0.25, 0.3) is 0 Å². The second kappa shape index (κ2) is 7.19. The van der Waals surface area contributed by atoms with E-state index in [4.69, 9.17) is 0 Å². The van der Waals surface area contributed by atoms with E-state index in [2.05, 4.69) is 58.6 Å².